The van der Waals surface area contributed by atoms with Gasteiger partial charge in [0.25, 0.3) is 0 Å². The molecule has 0 aromatic heterocycles. The van der Waals surface area contributed by atoms with Crippen molar-refractivity contribution in [2.75, 3.05) is 56.0 Å². The molecule has 0 bridgehead atoms. The van der Waals surface area contributed by atoms with Gasteiger partial charge in [-0.15, -0.1) is 0 Å². The van der Waals surface area contributed by atoms with Crippen molar-refractivity contribution in [3.63, 3.8) is 0 Å². The van der Waals surface area contributed by atoms with Crippen molar-refractivity contribution in [3.05, 3.63) is 60.2 Å². The lowest BCUT2D eigenvalue weighted by Gasteiger charge is -2.34. The van der Waals surface area contributed by atoms with E-state index in [2.05, 4.69) is 57.6 Å². The molecule has 154 valence electrons. The number of rotatable bonds is 5. The lowest BCUT2D eigenvalue weighted by molar-refractivity contribution is 0.148. The Labute approximate surface area is 174 Å². The molecule has 0 atom stereocenters. The maximum atomic E-state index is 12.6. The molecule has 4 rings (SSSR count). The highest BCUT2D eigenvalue weighted by Gasteiger charge is 2.21. The molecule has 0 spiro atoms. The number of hydrogen-bond acceptors (Lipinski definition) is 3. The number of nitrogens with zero attached hydrogens (tertiary/aromatic N) is 3. The maximum Gasteiger partial charge on any atom is 0.321 e. The fraction of sp³-hybridized carbons (Fsp3) is 0.458. The molecule has 2 aliphatic rings. The molecule has 0 radical (unpaired) electrons. The molecule has 2 aromatic carbocycles. The first kappa shape index (κ1) is 19.8. The highest BCUT2D eigenvalue weighted by molar-refractivity contribution is 5.89. The zero-order chi connectivity index (χ0) is 19.9. The van der Waals surface area contributed by atoms with Crippen molar-refractivity contribution >= 4 is 17.4 Å². The van der Waals surface area contributed by atoms with Crippen molar-refractivity contribution in [1.82, 2.24) is 9.80 Å². The molecule has 2 fully saturated rings. The summed E-state index contributed by atoms with van der Waals surface area (Å²) in [5.41, 5.74) is 3.51. The number of piperidine rings is 1. The first-order valence-electron chi connectivity index (χ1n) is 11.0. The van der Waals surface area contributed by atoms with Gasteiger partial charge in [0.15, 0.2) is 0 Å². The van der Waals surface area contributed by atoms with Crippen molar-refractivity contribution in [2.45, 2.75) is 25.7 Å². The number of amides is 2. The Morgan fingerprint density at radius 3 is 2.17 bits per heavy atom. The summed E-state index contributed by atoms with van der Waals surface area (Å²) in [5.74, 6) is 0. The predicted octanol–water partition coefficient (Wildman–Crippen LogP) is 4.07. The average Bonchev–Trinajstić information content (AvgIpc) is 2.80. The number of hydrogen-bond donors (Lipinski definition) is 1. The maximum absolute atomic E-state index is 12.6. The number of piperazine rings is 1. The van der Waals surface area contributed by atoms with Crippen LogP contribution in [0, 0.1) is 0 Å². The predicted molar refractivity (Wildman–Crippen MR) is 120 cm³/mol. The van der Waals surface area contributed by atoms with Crippen molar-refractivity contribution < 1.29 is 4.79 Å². The molecule has 2 saturated heterocycles. The molecular formula is C24H32N4O. The molecule has 5 heteroatoms. The first-order valence-corrected chi connectivity index (χ1v) is 11.0. The van der Waals surface area contributed by atoms with Gasteiger partial charge in [0.05, 0.1) is 0 Å². The van der Waals surface area contributed by atoms with E-state index in [0.717, 1.165) is 57.9 Å². The van der Waals surface area contributed by atoms with Crippen LogP contribution in [0.4, 0.5) is 16.2 Å². The van der Waals surface area contributed by atoms with E-state index >= 15 is 0 Å². The number of anilines is 2. The van der Waals surface area contributed by atoms with Crippen LogP contribution in [0.25, 0.3) is 0 Å². The third kappa shape index (κ3) is 5.51. The van der Waals surface area contributed by atoms with Gasteiger partial charge in [0.2, 0.25) is 0 Å². The Kier molecular flexibility index (Phi) is 6.67. The SMILES string of the molecule is O=C(Nc1ccc(N2CCCCC2)cc1)N1CCN(CCc2ccccc2)CC1. The van der Waals surface area contributed by atoms with Gasteiger partial charge >= 0.3 is 6.03 Å². The molecule has 2 aliphatic heterocycles. The van der Waals surface area contributed by atoms with Gasteiger partial charge in [-0.2, -0.15) is 0 Å². The van der Waals surface area contributed by atoms with Gasteiger partial charge in [-0.3, -0.25) is 4.90 Å². The quantitative estimate of drug-likeness (QED) is 0.834. The van der Waals surface area contributed by atoms with Crippen LogP contribution in [0.15, 0.2) is 54.6 Å². The third-order valence-electron chi connectivity index (χ3n) is 6.06. The van der Waals surface area contributed by atoms with E-state index in [1.165, 1.54) is 30.5 Å². The summed E-state index contributed by atoms with van der Waals surface area (Å²) in [5, 5.41) is 3.06. The fourth-order valence-electron chi connectivity index (χ4n) is 4.22. The molecule has 2 aromatic rings. The van der Waals surface area contributed by atoms with Gasteiger partial charge in [0, 0.05) is 57.2 Å². The van der Waals surface area contributed by atoms with Gasteiger partial charge in [-0.25, -0.2) is 4.79 Å². The minimum atomic E-state index is 0.0124. The first-order chi connectivity index (χ1) is 14.3. The lowest BCUT2D eigenvalue weighted by atomic mass is 10.1. The Balaban J connectivity index is 1.21. The summed E-state index contributed by atoms with van der Waals surface area (Å²) in [6, 6.07) is 18.9. The summed E-state index contributed by atoms with van der Waals surface area (Å²) < 4.78 is 0. The highest BCUT2D eigenvalue weighted by atomic mass is 16.2. The molecule has 2 heterocycles. The second kappa shape index (κ2) is 9.79. The Morgan fingerprint density at radius 2 is 1.48 bits per heavy atom. The molecule has 0 unspecified atom stereocenters. The van der Waals surface area contributed by atoms with Crippen LogP contribution in [-0.4, -0.2) is 61.6 Å². The minimum Gasteiger partial charge on any atom is -0.372 e. The van der Waals surface area contributed by atoms with Crippen LogP contribution < -0.4 is 10.2 Å². The topological polar surface area (TPSA) is 38.8 Å². The number of nitrogens with one attached hydrogen (secondary N) is 1. The Bertz CT molecular complexity index is 763. The van der Waals surface area contributed by atoms with E-state index in [1.54, 1.807) is 0 Å². The normalized spacial score (nSPS) is 17.9. The number of carbonyl (C=O) groups is 1. The molecule has 0 aliphatic carbocycles. The molecule has 2 amide bonds. The number of carbonyl (C=O) groups excluding carboxylic acids is 1. The highest BCUT2D eigenvalue weighted by Crippen LogP contribution is 2.22. The van der Waals surface area contributed by atoms with Crippen LogP contribution in [0.3, 0.4) is 0 Å². The fourth-order valence-corrected chi connectivity index (χ4v) is 4.22. The van der Waals surface area contributed by atoms with Crippen LogP contribution in [0.2, 0.25) is 0 Å². The van der Waals surface area contributed by atoms with Gasteiger partial charge in [0.1, 0.15) is 0 Å². The van der Waals surface area contributed by atoms with E-state index in [9.17, 15) is 4.79 Å². The third-order valence-corrected chi connectivity index (χ3v) is 6.06. The summed E-state index contributed by atoms with van der Waals surface area (Å²) in [7, 11) is 0. The number of benzene rings is 2. The summed E-state index contributed by atoms with van der Waals surface area (Å²) in [6.07, 6.45) is 4.95. The zero-order valence-corrected chi connectivity index (χ0v) is 17.2. The van der Waals surface area contributed by atoms with Crippen LogP contribution >= 0.6 is 0 Å². The van der Waals surface area contributed by atoms with E-state index in [0.29, 0.717) is 0 Å². The summed E-state index contributed by atoms with van der Waals surface area (Å²) >= 11 is 0. The Morgan fingerprint density at radius 1 is 0.793 bits per heavy atom. The Hall–Kier alpha value is -2.53. The van der Waals surface area contributed by atoms with E-state index in [4.69, 9.17) is 0 Å². The van der Waals surface area contributed by atoms with Crippen molar-refractivity contribution in [1.29, 1.82) is 0 Å². The van der Waals surface area contributed by atoms with Gasteiger partial charge in [-0.1, -0.05) is 30.3 Å². The van der Waals surface area contributed by atoms with Gasteiger partial charge in [-0.05, 0) is 55.5 Å². The van der Waals surface area contributed by atoms with Crippen LogP contribution in [0.5, 0.6) is 0 Å². The van der Waals surface area contributed by atoms with Crippen LogP contribution in [0.1, 0.15) is 24.8 Å². The molecule has 0 saturated carbocycles. The lowest BCUT2D eigenvalue weighted by Crippen LogP contribution is -2.50. The van der Waals surface area contributed by atoms with Gasteiger partial charge < -0.3 is 15.1 Å². The summed E-state index contributed by atoms with van der Waals surface area (Å²) in [4.78, 5) is 19.4. The second-order valence-electron chi connectivity index (χ2n) is 8.09. The van der Waals surface area contributed by atoms with E-state index in [1.807, 2.05) is 17.0 Å². The molecule has 1 N–H and O–H groups in total. The van der Waals surface area contributed by atoms with E-state index < -0.39 is 0 Å². The van der Waals surface area contributed by atoms with Crippen molar-refractivity contribution in [2.24, 2.45) is 0 Å². The largest absolute Gasteiger partial charge is 0.372 e. The molecule has 29 heavy (non-hydrogen) atoms. The van der Waals surface area contributed by atoms with Crippen LogP contribution in [-0.2, 0) is 6.42 Å². The minimum absolute atomic E-state index is 0.0124. The standard InChI is InChI=1S/C24H32N4O/c29-24(25-22-9-11-23(12-10-22)27-14-5-2-6-15-27)28-19-17-26(18-20-28)16-13-21-7-3-1-4-8-21/h1,3-4,7-12H,2,5-6,13-20H2,(H,25,29). The second-order valence-corrected chi connectivity index (χ2v) is 8.09. The monoisotopic (exact) mass is 392 g/mol. The average molecular weight is 393 g/mol. The zero-order valence-electron chi connectivity index (χ0n) is 17.2. The van der Waals surface area contributed by atoms with E-state index in [-0.39, 0.29) is 6.03 Å². The number of urea groups is 1. The summed E-state index contributed by atoms with van der Waals surface area (Å²) in [6.45, 7) is 6.78. The smallest absolute Gasteiger partial charge is 0.321 e. The molecular weight excluding hydrogens is 360 g/mol. The van der Waals surface area contributed by atoms with Crippen molar-refractivity contribution in [3.8, 4) is 0 Å². The molecule has 5 nitrogen and oxygen atoms in total.